The van der Waals surface area contributed by atoms with Gasteiger partial charge in [-0.15, -0.1) is 0 Å². The van der Waals surface area contributed by atoms with Gasteiger partial charge in [0.15, 0.2) is 0 Å². The van der Waals surface area contributed by atoms with Crippen LogP contribution in [0.4, 0.5) is 0 Å². The molecule has 2 aliphatic heterocycles. The molecule has 0 aliphatic carbocycles. The standard InChI is InChI=1S/C20H28N2O4/c1-25-14-15-6-9-22(13-15)19(23)16-7-10-21(11-8-16)20(24)17-4-3-5-18(12-17)26-2/h3-5,12,15-16H,6-11,13-14H2,1-2H3/t15-/m1/s1. The molecule has 0 aromatic heterocycles. The van der Waals surface area contributed by atoms with Crippen molar-refractivity contribution in [3.63, 3.8) is 0 Å². The molecular formula is C20H28N2O4. The van der Waals surface area contributed by atoms with Gasteiger partial charge in [0.25, 0.3) is 5.91 Å². The molecule has 2 amide bonds. The number of amides is 2. The third-order valence-corrected chi connectivity index (χ3v) is 5.45. The molecule has 6 heteroatoms. The van der Waals surface area contributed by atoms with Crippen LogP contribution < -0.4 is 4.74 Å². The topological polar surface area (TPSA) is 59.1 Å². The summed E-state index contributed by atoms with van der Waals surface area (Å²) in [5.41, 5.74) is 0.635. The van der Waals surface area contributed by atoms with Gasteiger partial charge >= 0.3 is 0 Å². The molecule has 142 valence electrons. The van der Waals surface area contributed by atoms with Crippen LogP contribution >= 0.6 is 0 Å². The van der Waals surface area contributed by atoms with Crippen LogP contribution in [0.25, 0.3) is 0 Å². The molecular weight excluding hydrogens is 332 g/mol. The van der Waals surface area contributed by atoms with Crippen molar-refractivity contribution in [3.05, 3.63) is 29.8 Å². The Labute approximate surface area is 155 Å². The first-order chi connectivity index (χ1) is 12.6. The fraction of sp³-hybridized carbons (Fsp3) is 0.600. The maximum atomic E-state index is 12.7. The number of carbonyl (C=O) groups excluding carboxylic acids is 2. The zero-order valence-electron chi connectivity index (χ0n) is 15.6. The number of nitrogens with zero attached hydrogens (tertiary/aromatic N) is 2. The number of piperidine rings is 1. The summed E-state index contributed by atoms with van der Waals surface area (Å²) in [7, 11) is 3.30. The van der Waals surface area contributed by atoms with E-state index in [4.69, 9.17) is 9.47 Å². The molecule has 2 saturated heterocycles. The van der Waals surface area contributed by atoms with Crippen molar-refractivity contribution in [1.82, 2.24) is 9.80 Å². The predicted octanol–water partition coefficient (Wildman–Crippen LogP) is 2.04. The minimum atomic E-state index is 0.0103. The third kappa shape index (κ3) is 4.18. The molecule has 2 heterocycles. The van der Waals surface area contributed by atoms with Crippen molar-refractivity contribution in [2.45, 2.75) is 19.3 Å². The van der Waals surface area contributed by atoms with Crippen LogP contribution in [0.2, 0.25) is 0 Å². The Kier molecular flexibility index (Phi) is 6.14. The van der Waals surface area contributed by atoms with E-state index in [1.165, 1.54) is 0 Å². The van der Waals surface area contributed by atoms with Gasteiger partial charge in [-0.2, -0.15) is 0 Å². The van der Waals surface area contributed by atoms with Gasteiger partial charge < -0.3 is 19.3 Å². The number of hydrogen-bond acceptors (Lipinski definition) is 4. The summed E-state index contributed by atoms with van der Waals surface area (Å²) in [4.78, 5) is 29.2. The molecule has 1 atom stereocenters. The van der Waals surface area contributed by atoms with Gasteiger partial charge in [0.05, 0.1) is 13.7 Å². The monoisotopic (exact) mass is 360 g/mol. The van der Waals surface area contributed by atoms with Crippen LogP contribution in [-0.4, -0.2) is 68.6 Å². The molecule has 6 nitrogen and oxygen atoms in total. The van der Waals surface area contributed by atoms with Crippen molar-refractivity contribution >= 4 is 11.8 Å². The van der Waals surface area contributed by atoms with Crippen LogP contribution in [0, 0.1) is 11.8 Å². The lowest BCUT2D eigenvalue weighted by Gasteiger charge is -2.33. The fourth-order valence-corrected chi connectivity index (χ4v) is 3.93. The van der Waals surface area contributed by atoms with E-state index in [1.807, 2.05) is 28.0 Å². The van der Waals surface area contributed by atoms with Crippen molar-refractivity contribution in [2.75, 3.05) is 47.0 Å². The van der Waals surface area contributed by atoms with Crippen molar-refractivity contribution in [3.8, 4) is 5.75 Å². The maximum absolute atomic E-state index is 12.7. The summed E-state index contributed by atoms with van der Waals surface area (Å²) in [6.45, 7) is 3.60. The van der Waals surface area contributed by atoms with E-state index in [0.29, 0.717) is 30.3 Å². The highest BCUT2D eigenvalue weighted by molar-refractivity contribution is 5.94. The first kappa shape index (κ1) is 18.7. The highest BCUT2D eigenvalue weighted by Gasteiger charge is 2.33. The Hall–Kier alpha value is -2.08. The van der Waals surface area contributed by atoms with Gasteiger partial charge in [-0.05, 0) is 37.5 Å². The molecule has 26 heavy (non-hydrogen) atoms. The summed E-state index contributed by atoms with van der Waals surface area (Å²) < 4.78 is 10.4. The minimum Gasteiger partial charge on any atom is -0.497 e. The molecule has 0 radical (unpaired) electrons. The number of carbonyl (C=O) groups is 2. The van der Waals surface area contributed by atoms with Crippen LogP contribution in [0.15, 0.2) is 24.3 Å². The minimum absolute atomic E-state index is 0.0103. The summed E-state index contributed by atoms with van der Waals surface area (Å²) in [5.74, 6) is 1.43. The van der Waals surface area contributed by atoms with Crippen LogP contribution in [0.5, 0.6) is 5.75 Å². The molecule has 2 fully saturated rings. The lowest BCUT2D eigenvalue weighted by Crippen LogP contribution is -2.44. The number of methoxy groups -OCH3 is 2. The maximum Gasteiger partial charge on any atom is 0.253 e. The van der Waals surface area contributed by atoms with Crippen molar-refractivity contribution < 1.29 is 19.1 Å². The van der Waals surface area contributed by atoms with Crippen LogP contribution in [0.1, 0.15) is 29.6 Å². The van der Waals surface area contributed by atoms with E-state index in [9.17, 15) is 9.59 Å². The van der Waals surface area contributed by atoms with Gasteiger partial charge in [0, 0.05) is 50.7 Å². The molecule has 1 aromatic rings. The first-order valence-electron chi connectivity index (χ1n) is 9.33. The summed E-state index contributed by atoms with van der Waals surface area (Å²) >= 11 is 0. The molecule has 2 aliphatic rings. The smallest absolute Gasteiger partial charge is 0.253 e. The van der Waals surface area contributed by atoms with E-state index in [1.54, 1.807) is 20.3 Å². The van der Waals surface area contributed by atoms with Crippen molar-refractivity contribution in [1.29, 1.82) is 0 Å². The quantitative estimate of drug-likeness (QED) is 0.806. The second-order valence-corrected chi connectivity index (χ2v) is 7.19. The Morgan fingerprint density at radius 1 is 1.08 bits per heavy atom. The van der Waals surface area contributed by atoms with Crippen LogP contribution in [-0.2, 0) is 9.53 Å². The number of ether oxygens (including phenoxy) is 2. The fourth-order valence-electron chi connectivity index (χ4n) is 3.93. The first-order valence-corrected chi connectivity index (χ1v) is 9.33. The lowest BCUT2D eigenvalue weighted by atomic mass is 9.95. The summed E-state index contributed by atoms with van der Waals surface area (Å²) in [6, 6.07) is 7.22. The van der Waals surface area contributed by atoms with Crippen molar-refractivity contribution in [2.24, 2.45) is 11.8 Å². The molecule has 3 rings (SSSR count). The number of hydrogen-bond donors (Lipinski definition) is 0. The Balaban J connectivity index is 1.52. The summed E-state index contributed by atoms with van der Waals surface area (Å²) in [6.07, 6.45) is 2.49. The van der Waals surface area contributed by atoms with E-state index in [2.05, 4.69) is 0 Å². The largest absolute Gasteiger partial charge is 0.497 e. The SMILES string of the molecule is COC[C@@H]1CCN(C(=O)C2CCN(C(=O)c3cccc(OC)c3)CC2)C1. The zero-order valence-corrected chi connectivity index (χ0v) is 15.6. The average molecular weight is 360 g/mol. The van der Waals surface area contributed by atoms with Gasteiger partial charge in [-0.1, -0.05) is 6.07 Å². The van der Waals surface area contributed by atoms with E-state index in [-0.39, 0.29) is 17.7 Å². The number of likely N-dealkylation sites (tertiary alicyclic amines) is 2. The third-order valence-electron chi connectivity index (χ3n) is 5.45. The molecule has 0 saturated carbocycles. The van der Waals surface area contributed by atoms with Crippen LogP contribution in [0.3, 0.4) is 0 Å². The van der Waals surface area contributed by atoms with Gasteiger partial charge in [-0.3, -0.25) is 9.59 Å². The Morgan fingerprint density at radius 2 is 1.81 bits per heavy atom. The van der Waals surface area contributed by atoms with Gasteiger partial charge in [0.1, 0.15) is 5.75 Å². The lowest BCUT2D eigenvalue weighted by molar-refractivity contribution is -0.136. The normalized spacial score (nSPS) is 21.1. The summed E-state index contributed by atoms with van der Waals surface area (Å²) in [5, 5.41) is 0. The van der Waals surface area contributed by atoms with Gasteiger partial charge in [0.2, 0.25) is 5.91 Å². The average Bonchev–Trinajstić information content (AvgIpc) is 3.16. The number of rotatable bonds is 5. The highest BCUT2D eigenvalue weighted by atomic mass is 16.5. The second kappa shape index (κ2) is 8.54. The molecule has 0 bridgehead atoms. The molecule has 0 N–H and O–H groups in total. The molecule has 1 aromatic carbocycles. The predicted molar refractivity (Wildman–Crippen MR) is 98.2 cm³/mol. The second-order valence-electron chi connectivity index (χ2n) is 7.19. The van der Waals surface area contributed by atoms with Gasteiger partial charge in [-0.25, -0.2) is 0 Å². The zero-order chi connectivity index (χ0) is 18.5. The van der Waals surface area contributed by atoms with E-state index in [0.717, 1.165) is 39.0 Å². The highest BCUT2D eigenvalue weighted by Crippen LogP contribution is 2.25. The van der Waals surface area contributed by atoms with E-state index >= 15 is 0 Å². The molecule has 0 spiro atoms. The Bertz CT molecular complexity index is 640. The Morgan fingerprint density at radius 3 is 2.50 bits per heavy atom. The number of benzene rings is 1. The van der Waals surface area contributed by atoms with E-state index < -0.39 is 0 Å². The molecule has 0 unspecified atom stereocenters.